The number of halogens is 5. The Morgan fingerprint density at radius 1 is 1.29 bits per heavy atom. The summed E-state index contributed by atoms with van der Waals surface area (Å²) in [5.74, 6) is -1.57. The van der Waals surface area contributed by atoms with Crippen molar-refractivity contribution in [3.8, 4) is 0 Å². The van der Waals surface area contributed by atoms with Gasteiger partial charge in [0.2, 0.25) is 0 Å². The van der Waals surface area contributed by atoms with Crippen LogP contribution < -0.4 is 5.09 Å². The molecule has 1 aliphatic rings. The van der Waals surface area contributed by atoms with E-state index in [0.717, 1.165) is 29.5 Å². The highest BCUT2D eigenvalue weighted by atomic mass is 32.2. The molecule has 0 saturated carbocycles. The molecule has 1 aliphatic heterocycles. The largest absolute Gasteiger partial charge is 0.411 e. The average Bonchev–Trinajstić information content (AvgIpc) is 3.27. The summed E-state index contributed by atoms with van der Waals surface area (Å²) >= 11 is 1.49. The van der Waals surface area contributed by atoms with Crippen molar-refractivity contribution in [2.75, 3.05) is 12.9 Å². The normalized spacial score (nSPS) is 17.5. The second-order valence-electron chi connectivity index (χ2n) is 7.46. The summed E-state index contributed by atoms with van der Waals surface area (Å²) in [7, 11) is 2.25. The van der Waals surface area contributed by atoms with Crippen LogP contribution in [0.2, 0.25) is 0 Å². The van der Waals surface area contributed by atoms with E-state index >= 15 is 0 Å². The van der Waals surface area contributed by atoms with Gasteiger partial charge in [0.1, 0.15) is 24.3 Å². The Morgan fingerprint density at radius 2 is 2.03 bits per heavy atom. The molecule has 2 aromatic rings. The second kappa shape index (κ2) is 10.1. The van der Waals surface area contributed by atoms with E-state index in [-0.39, 0.29) is 11.6 Å². The second-order valence-corrected chi connectivity index (χ2v) is 8.53. The van der Waals surface area contributed by atoms with Gasteiger partial charge >= 0.3 is 6.18 Å². The fraction of sp³-hybridized carbons (Fsp3) is 0.526. The first kappa shape index (κ1) is 24.4. The SMILES string of the molecule is CSn1cc2c(n1)CN(C(C)CC(NP)[C@H](OCC(F)(F)F)c1cc(F)ccc1F)C2. The van der Waals surface area contributed by atoms with Gasteiger partial charge in [-0.15, -0.1) is 0 Å². The molecule has 12 heteroatoms. The van der Waals surface area contributed by atoms with Crippen molar-refractivity contribution in [2.24, 2.45) is 0 Å². The van der Waals surface area contributed by atoms with Crippen molar-refractivity contribution in [3.63, 3.8) is 0 Å². The van der Waals surface area contributed by atoms with Gasteiger partial charge < -0.3 is 4.74 Å². The van der Waals surface area contributed by atoms with Crippen LogP contribution >= 0.6 is 21.3 Å². The third kappa shape index (κ3) is 6.16. The molecule has 1 aromatic carbocycles. The minimum atomic E-state index is -4.60. The predicted octanol–water partition coefficient (Wildman–Crippen LogP) is 4.45. The lowest BCUT2D eigenvalue weighted by Gasteiger charge is -2.33. The van der Waals surface area contributed by atoms with E-state index in [0.29, 0.717) is 19.5 Å². The van der Waals surface area contributed by atoms with Crippen molar-refractivity contribution in [3.05, 3.63) is 52.9 Å². The first-order chi connectivity index (χ1) is 14.6. The molecule has 1 N–H and O–H groups in total. The Hall–Kier alpha value is -1.26. The van der Waals surface area contributed by atoms with E-state index < -0.39 is 36.6 Å². The van der Waals surface area contributed by atoms with E-state index in [1.54, 1.807) is 4.09 Å². The number of alkyl halides is 3. The van der Waals surface area contributed by atoms with Crippen LogP contribution in [-0.2, 0) is 17.8 Å². The highest BCUT2D eigenvalue weighted by Crippen LogP contribution is 2.32. The number of hydrogen-bond donors (Lipinski definition) is 1. The smallest absolute Gasteiger partial charge is 0.362 e. The Bertz CT molecular complexity index is 873. The lowest BCUT2D eigenvalue weighted by molar-refractivity contribution is -0.189. The number of aromatic nitrogens is 2. The maximum atomic E-state index is 14.4. The van der Waals surface area contributed by atoms with Crippen LogP contribution in [0.4, 0.5) is 22.0 Å². The minimum Gasteiger partial charge on any atom is -0.362 e. The maximum absolute atomic E-state index is 14.4. The molecular weight excluding hydrogens is 458 g/mol. The third-order valence-electron chi connectivity index (χ3n) is 5.26. The van der Waals surface area contributed by atoms with Gasteiger partial charge in [-0.05, 0) is 43.5 Å². The summed E-state index contributed by atoms with van der Waals surface area (Å²) < 4.78 is 73.5. The van der Waals surface area contributed by atoms with Crippen molar-refractivity contribution in [1.29, 1.82) is 0 Å². The van der Waals surface area contributed by atoms with Gasteiger partial charge in [0.05, 0.1) is 5.69 Å². The Kier molecular flexibility index (Phi) is 7.96. The van der Waals surface area contributed by atoms with E-state index in [1.165, 1.54) is 11.9 Å². The molecule has 0 aliphatic carbocycles. The number of nitrogens with one attached hydrogen (secondary N) is 1. The molecule has 0 spiro atoms. The van der Waals surface area contributed by atoms with Crippen molar-refractivity contribution < 1.29 is 26.7 Å². The molecule has 0 saturated heterocycles. The van der Waals surface area contributed by atoms with Gasteiger partial charge in [-0.2, -0.15) is 18.3 Å². The van der Waals surface area contributed by atoms with Crippen LogP contribution in [0.5, 0.6) is 0 Å². The number of fused-ring (bicyclic) bond motifs is 1. The summed E-state index contributed by atoms with van der Waals surface area (Å²) in [6, 6.07) is 1.90. The summed E-state index contributed by atoms with van der Waals surface area (Å²) in [6.07, 6.45) is -1.71. The third-order valence-corrected chi connectivity index (χ3v) is 6.25. The van der Waals surface area contributed by atoms with Gasteiger partial charge in [-0.25, -0.2) is 12.9 Å². The topological polar surface area (TPSA) is 42.3 Å². The van der Waals surface area contributed by atoms with Crippen LogP contribution in [0.1, 0.15) is 36.3 Å². The van der Waals surface area contributed by atoms with Crippen molar-refractivity contribution in [1.82, 2.24) is 19.2 Å². The Morgan fingerprint density at radius 3 is 2.65 bits per heavy atom. The summed E-state index contributed by atoms with van der Waals surface area (Å²) in [5, 5.41) is 7.34. The molecule has 4 atom stereocenters. The Balaban J connectivity index is 1.76. The molecule has 3 rings (SSSR count). The first-order valence-electron chi connectivity index (χ1n) is 9.56. The van der Waals surface area contributed by atoms with Gasteiger partial charge in [0.25, 0.3) is 0 Å². The molecule has 0 radical (unpaired) electrons. The number of ether oxygens (including phenoxy) is 1. The van der Waals surface area contributed by atoms with E-state index in [4.69, 9.17) is 4.74 Å². The summed E-state index contributed by atoms with van der Waals surface area (Å²) in [6.45, 7) is 1.63. The number of nitrogens with zero attached hydrogens (tertiary/aromatic N) is 3. The van der Waals surface area contributed by atoms with Crippen LogP contribution in [0.25, 0.3) is 0 Å². The minimum absolute atomic E-state index is 0.0800. The van der Waals surface area contributed by atoms with Crippen LogP contribution in [0, 0.1) is 11.6 Å². The molecule has 0 amide bonds. The zero-order valence-electron chi connectivity index (χ0n) is 17.0. The van der Waals surface area contributed by atoms with E-state index in [1.807, 2.05) is 19.4 Å². The molecular formula is C19H24F5N4OPS. The van der Waals surface area contributed by atoms with Gasteiger partial charge in [0.15, 0.2) is 0 Å². The highest BCUT2D eigenvalue weighted by molar-refractivity contribution is 7.97. The molecule has 31 heavy (non-hydrogen) atoms. The monoisotopic (exact) mass is 482 g/mol. The molecule has 2 heterocycles. The molecule has 1 aromatic heterocycles. The maximum Gasteiger partial charge on any atom is 0.411 e. The Labute approximate surface area is 184 Å². The molecule has 172 valence electrons. The summed E-state index contributed by atoms with van der Waals surface area (Å²) in [4.78, 5) is 2.14. The van der Waals surface area contributed by atoms with Crippen LogP contribution in [-0.4, -0.2) is 45.2 Å². The fourth-order valence-electron chi connectivity index (χ4n) is 3.69. The summed E-state index contributed by atoms with van der Waals surface area (Å²) in [5.41, 5.74) is 1.80. The van der Waals surface area contributed by atoms with Gasteiger partial charge in [0, 0.05) is 48.8 Å². The number of benzene rings is 1. The van der Waals surface area contributed by atoms with Gasteiger partial charge in [-0.3, -0.25) is 9.99 Å². The first-order valence-corrected chi connectivity index (χ1v) is 11.3. The average molecular weight is 482 g/mol. The quantitative estimate of drug-likeness (QED) is 0.423. The van der Waals surface area contributed by atoms with Crippen LogP contribution in [0.15, 0.2) is 24.4 Å². The molecule has 0 bridgehead atoms. The zero-order chi connectivity index (χ0) is 22.8. The van der Waals surface area contributed by atoms with Crippen LogP contribution in [0.3, 0.4) is 0 Å². The number of rotatable bonds is 9. The number of hydrogen-bond acceptors (Lipinski definition) is 5. The van der Waals surface area contributed by atoms with E-state index in [2.05, 4.69) is 24.5 Å². The molecule has 3 unspecified atom stereocenters. The fourth-order valence-corrected chi connectivity index (χ4v) is 4.42. The predicted molar refractivity (Wildman–Crippen MR) is 112 cm³/mol. The van der Waals surface area contributed by atoms with Gasteiger partial charge in [-0.1, -0.05) is 9.39 Å². The molecule has 5 nitrogen and oxygen atoms in total. The lowest BCUT2D eigenvalue weighted by atomic mass is 9.96. The highest BCUT2D eigenvalue weighted by Gasteiger charge is 2.35. The van der Waals surface area contributed by atoms with E-state index in [9.17, 15) is 22.0 Å². The molecule has 0 fully saturated rings. The zero-order valence-corrected chi connectivity index (χ0v) is 19.0. The standard InChI is InChI=1S/C19H24F5N4OPS/c1-11(27-7-12-8-28(31-2)25-17(12)9-27)5-16(26-30)18(29-10-19(22,23)24)14-6-13(20)3-4-15(14)21/h3-4,6,8,11,16,18,26H,5,7,9-10,30H2,1-2H3/t11?,16?,18-/m1/s1. The van der Waals surface area contributed by atoms with Crippen molar-refractivity contribution in [2.45, 2.75) is 50.8 Å². The van der Waals surface area contributed by atoms with Crippen molar-refractivity contribution >= 4 is 21.3 Å². The lowest BCUT2D eigenvalue weighted by Crippen LogP contribution is -2.40.